The molecule has 0 aliphatic carbocycles. The van der Waals surface area contributed by atoms with Gasteiger partial charge in [0.1, 0.15) is 0 Å². The first-order valence-corrected chi connectivity index (χ1v) is 2.90. The van der Waals surface area contributed by atoms with Crippen molar-refractivity contribution in [1.82, 2.24) is 0 Å². The summed E-state index contributed by atoms with van der Waals surface area (Å²) in [7, 11) is 0. The second kappa shape index (κ2) is 2.57. The molecule has 1 rings (SSSR count). The second-order valence-corrected chi connectivity index (χ2v) is 2.08. The van der Waals surface area contributed by atoms with Crippen molar-refractivity contribution < 1.29 is 4.92 Å². The van der Waals surface area contributed by atoms with Gasteiger partial charge in [0.2, 0.25) is 0 Å². The number of nitro groups is 1. The zero-order valence-electron chi connectivity index (χ0n) is 5.65. The van der Waals surface area contributed by atoms with Crippen molar-refractivity contribution in [2.24, 2.45) is 0 Å². The second-order valence-electron chi connectivity index (χ2n) is 2.08. The van der Waals surface area contributed by atoms with Gasteiger partial charge in [-0.2, -0.15) is 0 Å². The van der Waals surface area contributed by atoms with Crippen LogP contribution in [-0.2, 0) is 0 Å². The third kappa shape index (κ3) is 1.46. The molecule has 4 nitrogen and oxygen atoms in total. The summed E-state index contributed by atoms with van der Waals surface area (Å²) in [5.74, 6) is 0. The average molecular weight is 150 g/mol. The third-order valence-corrected chi connectivity index (χ3v) is 1.25. The summed E-state index contributed by atoms with van der Waals surface area (Å²) >= 11 is 0. The zero-order chi connectivity index (χ0) is 8.43. The SMILES string of the molecule is [CH]c1ccc(N)cc1[N+](=O)[O-]. The van der Waals surface area contributed by atoms with Crippen molar-refractivity contribution in [2.45, 2.75) is 0 Å². The smallest absolute Gasteiger partial charge is 0.274 e. The summed E-state index contributed by atoms with van der Waals surface area (Å²) in [5.41, 5.74) is 5.62. The highest BCUT2D eigenvalue weighted by molar-refractivity contribution is 5.53. The molecule has 0 unspecified atom stereocenters. The van der Waals surface area contributed by atoms with E-state index in [4.69, 9.17) is 12.7 Å². The molecule has 2 N–H and O–H groups in total. The molecule has 0 fully saturated rings. The molecule has 2 radical (unpaired) electrons. The van der Waals surface area contributed by atoms with Gasteiger partial charge in [-0.15, -0.1) is 0 Å². The Morgan fingerprint density at radius 2 is 2.18 bits per heavy atom. The van der Waals surface area contributed by atoms with E-state index < -0.39 is 4.92 Å². The van der Waals surface area contributed by atoms with Gasteiger partial charge in [-0.05, 0) is 12.1 Å². The zero-order valence-corrected chi connectivity index (χ0v) is 5.65. The van der Waals surface area contributed by atoms with Gasteiger partial charge in [-0.1, -0.05) is 0 Å². The third-order valence-electron chi connectivity index (χ3n) is 1.25. The molecular weight excluding hydrogens is 144 g/mol. The minimum atomic E-state index is -0.564. The number of rotatable bonds is 1. The van der Waals surface area contributed by atoms with Crippen LogP contribution in [-0.4, -0.2) is 4.92 Å². The van der Waals surface area contributed by atoms with Crippen LogP contribution in [0.3, 0.4) is 0 Å². The normalized spacial score (nSPS) is 9.55. The maximum absolute atomic E-state index is 10.2. The Morgan fingerprint density at radius 1 is 1.55 bits per heavy atom. The molecule has 11 heavy (non-hydrogen) atoms. The van der Waals surface area contributed by atoms with Gasteiger partial charge >= 0.3 is 0 Å². The Morgan fingerprint density at radius 3 is 2.64 bits per heavy atom. The van der Waals surface area contributed by atoms with E-state index in [-0.39, 0.29) is 11.3 Å². The van der Waals surface area contributed by atoms with Crippen molar-refractivity contribution in [3.05, 3.63) is 40.8 Å². The molecule has 0 amide bonds. The lowest BCUT2D eigenvalue weighted by Gasteiger charge is -1.96. The van der Waals surface area contributed by atoms with Crippen LogP contribution in [0, 0.1) is 17.0 Å². The number of anilines is 1. The minimum absolute atomic E-state index is 0.129. The maximum Gasteiger partial charge on any atom is 0.274 e. The van der Waals surface area contributed by atoms with Crippen LogP contribution in [0.1, 0.15) is 5.56 Å². The van der Waals surface area contributed by atoms with Crippen molar-refractivity contribution in [3.63, 3.8) is 0 Å². The fourth-order valence-corrected chi connectivity index (χ4v) is 0.719. The molecule has 0 bridgehead atoms. The molecule has 0 heterocycles. The molecule has 4 heteroatoms. The van der Waals surface area contributed by atoms with Gasteiger partial charge in [0.15, 0.2) is 0 Å². The van der Waals surface area contributed by atoms with Crippen LogP contribution in [0.15, 0.2) is 18.2 Å². The quantitative estimate of drug-likeness (QED) is 0.372. The minimum Gasteiger partial charge on any atom is -0.399 e. The number of nitrogens with two attached hydrogens (primary N) is 1. The van der Waals surface area contributed by atoms with Gasteiger partial charge in [0.25, 0.3) is 5.69 Å². The summed E-state index contributed by atoms with van der Waals surface area (Å²) in [6, 6.07) is 4.16. The molecule has 1 aromatic rings. The molecule has 0 saturated heterocycles. The summed E-state index contributed by atoms with van der Waals surface area (Å²) < 4.78 is 0. The van der Waals surface area contributed by atoms with E-state index in [1.165, 1.54) is 18.2 Å². The summed E-state index contributed by atoms with van der Waals surface area (Å²) in [6.45, 7) is 5.29. The van der Waals surface area contributed by atoms with Crippen LogP contribution in [0.5, 0.6) is 0 Å². The van der Waals surface area contributed by atoms with Crippen molar-refractivity contribution in [3.8, 4) is 0 Å². The van der Waals surface area contributed by atoms with Crippen LogP contribution >= 0.6 is 0 Å². The fourth-order valence-electron chi connectivity index (χ4n) is 0.719. The molecule has 1 aromatic carbocycles. The summed E-state index contributed by atoms with van der Waals surface area (Å²) in [6.07, 6.45) is 0. The van der Waals surface area contributed by atoms with E-state index in [1.807, 2.05) is 0 Å². The molecule has 0 aliphatic rings. The van der Waals surface area contributed by atoms with Crippen LogP contribution < -0.4 is 5.73 Å². The largest absolute Gasteiger partial charge is 0.399 e. The average Bonchev–Trinajstić information content (AvgIpc) is 1.94. The van der Waals surface area contributed by atoms with Gasteiger partial charge < -0.3 is 5.73 Å². The van der Waals surface area contributed by atoms with Crippen molar-refractivity contribution in [1.29, 1.82) is 0 Å². The topological polar surface area (TPSA) is 69.2 Å². The first kappa shape index (κ1) is 7.53. The molecule has 56 valence electrons. The van der Waals surface area contributed by atoms with E-state index in [2.05, 4.69) is 0 Å². The first-order chi connectivity index (χ1) is 5.11. The number of benzene rings is 1. The predicted octanol–water partition coefficient (Wildman–Crippen LogP) is 1.24. The number of nitrogen functional groups attached to an aromatic ring is 1. The highest BCUT2D eigenvalue weighted by Crippen LogP contribution is 2.19. The molecule has 0 aliphatic heterocycles. The van der Waals surface area contributed by atoms with Gasteiger partial charge in [0, 0.05) is 24.2 Å². The lowest BCUT2D eigenvalue weighted by molar-refractivity contribution is -0.385. The highest BCUT2D eigenvalue weighted by atomic mass is 16.6. The lowest BCUT2D eigenvalue weighted by atomic mass is 10.2. The standard InChI is InChI=1S/C7H6N2O2/c1-5-2-3-6(8)4-7(5)9(10)11/h1-4H,8H2. The molecule has 0 saturated carbocycles. The monoisotopic (exact) mass is 150 g/mol. The molecule has 0 aromatic heterocycles. The van der Waals surface area contributed by atoms with Crippen molar-refractivity contribution in [2.75, 3.05) is 5.73 Å². The predicted molar refractivity (Wildman–Crippen MR) is 40.9 cm³/mol. The number of nitrogens with zero attached hydrogens (tertiary/aromatic N) is 1. The lowest BCUT2D eigenvalue weighted by Crippen LogP contribution is -1.93. The summed E-state index contributed by atoms with van der Waals surface area (Å²) in [5, 5.41) is 10.2. The Labute approximate surface area is 63.8 Å². The van der Waals surface area contributed by atoms with Crippen LogP contribution in [0.25, 0.3) is 0 Å². The Bertz CT molecular complexity index is 296. The van der Waals surface area contributed by atoms with E-state index in [0.29, 0.717) is 5.69 Å². The van der Waals surface area contributed by atoms with Gasteiger partial charge in [-0.3, -0.25) is 10.1 Å². The van der Waals surface area contributed by atoms with E-state index in [1.54, 1.807) is 0 Å². The number of hydrogen-bond acceptors (Lipinski definition) is 3. The van der Waals surface area contributed by atoms with Crippen LogP contribution in [0.2, 0.25) is 0 Å². The Kier molecular flexibility index (Phi) is 1.76. The van der Waals surface area contributed by atoms with Crippen LogP contribution in [0.4, 0.5) is 11.4 Å². The van der Waals surface area contributed by atoms with E-state index in [0.717, 1.165) is 0 Å². The van der Waals surface area contributed by atoms with Gasteiger partial charge in [0.05, 0.1) is 4.92 Å². The van der Waals surface area contributed by atoms with E-state index in [9.17, 15) is 10.1 Å². The van der Waals surface area contributed by atoms with Crippen molar-refractivity contribution >= 4 is 11.4 Å². The first-order valence-electron chi connectivity index (χ1n) is 2.90. The maximum atomic E-state index is 10.2. The summed E-state index contributed by atoms with van der Waals surface area (Å²) in [4.78, 5) is 9.68. The highest BCUT2D eigenvalue weighted by Gasteiger charge is 2.09. The number of nitro benzene ring substituents is 1. The number of hydrogen-bond donors (Lipinski definition) is 1. The molecule has 0 atom stereocenters. The molecule has 0 spiro atoms. The van der Waals surface area contributed by atoms with Gasteiger partial charge in [-0.25, -0.2) is 0 Å². The molecular formula is C7H6N2O2. The van der Waals surface area contributed by atoms with E-state index >= 15 is 0 Å². The Balaban J connectivity index is 3.23. The Hall–Kier alpha value is -1.58. The fraction of sp³-hybridized carbons (Fsp3) is 0.